The van der Waals surface area contributed by atoms with Crippen molar-refractivity contribution in [2.45, 2.75) is 56.8 Å². The van der Waals surface area contributed by atoms with Crippen LogP contribution in [0.5, 0.6) is 0 Å². The van der Waals surface area contributed by atoms with E-state index in [1.165, 1.54) is 16.9 Å². The zero-order valence-corrected chi connectivity index (χ0v) is 32.5. The monoisotopic (exact) mass is 800 g/mol. The standard InChI is InChI=1S/C44H44N6O9/c1-26-23-32(46-40(52)34-16-10-22-50(34)42(54)37(48-44(57)58-2)29-13-7-4-8-14-29)24-30-25-35(59-38(26)30)27-17-19-31(20-18-27)45-39(51)33-15-9-21-49(33)41(53)36(47-43(55)56)28-11-5-3-6-12-28/h3-8,11-14,17-20,23-25,33-34,36-37,47H,9-10,15-16,21-22H2,1-2H3,(H,45,51)(H,46,52)(H,48,57)(H,55,56)/t33-,34-,36+,37+/m0/s1. The van der Waals surface area contributed by atoms with Gasteiger partial charge in [0.1, 0.15) is 35.5 Å². The van der Waals surface area contributed by atoms with E-state index in [1.54, 1.807) is 97.1 Å². The minimum atomic E-state index is -1.34. The van der Waals surface area contributed by atoms with E-state index in [0.717, 1.165) is 16.5 Å². The zero-order valence-electron chi connectivity index (χ0n) is 32.5. The van der Waals surface area contributed by atoms with Crippen molar-refractivity contribution in [2.75, 3.05) is 30.8 Å². The van der Waals surface area contributed by atoms with E-state index in [4.69, 9.17) is 9.15 Å². The van der Waals surface area contributed by atoms with Gasteiger partial charge in [0.25, 0.3) is 11.8 Å². The maximum absolute atomic E-state index is 13.8. The van der Waals surface area contributed by atoms with Gasteiger partial charge in [0.2, 0.25) is 11.8 Å². The Bertz CT molecular complexity index is 2370. The van der Waals surface area contributed by atoms with Crippen LogP contribution < -0.4 is 21.3 Å². The summed E-state index contributed by atoms with van der Waals surface area (Å²) in [5, 5.41) is 21.0. The topological polar surface area (TPSA) is 200 Å². The summed E-state index contributed by atoms with van der Waals surface area (Å²) in [5.41, 5.74) is 4.24. The second-order valence-corrected chi connectivity index (χ2v) is 14.5. The highest BCUT2D eigenvalue weighted by molar-refractivity contribution is 6.01. The molecule has 59 heavy (non-hydrogen) atoms. The predicted octanol–water partition coefficient (Wildman–Crippen LogP) is 6.37. The fourth-order valence-corrected chi connectivity index (χ4v) is 7.82. The largest absolute Gasteiger partial charge is 0.465 e. The average Bonchev–Trinajstić information content (AvgIpc) is 4.03. The first kappa shape index (κ1) is 40.1. The molecule has 3 heterocycles. The highest BCUT2D eigenvalue weighted by Gasteiger charge is 2.40. The number of nitrogens with zero attached hydrogens (tertiary/aromatic N) is 2. The van der Waals surface area contributed by atoms with Gasteiger partial charge < -0.3 is 45.3 Å². The molecule has 15 heteroatoms. The van der Waals surface area contributed by atoms with Crippen molar-refractivity contribution in [1.29, 1.82) is 0 Å². The summed E-state index contributed by atoms with van der Waals surface area (Å²) >= 11 is 0. The lowest BCUT2D eigenvalue weighted by molar-refractivity contribution is -0.138. The van der Waals surface area contributed by atoms with Crippen molar-refractivity contribution < 1.29 is 43.0 Å². The number of carbonyl (C=O) groups is 6. The first-order valence-corrected chi connectivity index (χ1v) is 19.3. The second-order valence-electron chi connectivity index (χ2n) is 14.5. The number of hydrogen-bond donors (Lipinski definition) is 5. The number of amides is 6. The lowest BCUT2D eigenvalue weighted by atomic mass is 10.0. The Kier molecular flexibility index (Phi) is 11.9. The molecule has 0 saturated carbocycles. The van der Waals surface area contributed by atoms with E-state index < -0.39 is 48.2 Å². The molecule has 0 aliphatic carbocycles. The van der Waals surface area contributed by atoms with Crippen molar-refractivity contribution in [1.82, 2.24) is 20.4 Å². The fourth-order valence-electron chi connectivity index (χ4n) is 7.82. The van der Waals surface area contributed by atoms with Crippen LogP contribution in [0, 0.1) is 6.92 Å². The molecule has 0 radical (unpaired) electrons. The number of ether oxygens (including phenoxy) is 1. The molecule has 0 bridgehead atoms. The van der Waals surface area contributed by atoms with Crippen LogP contribution in [0.4, 0.5) is 21.0 Å². The molecular weight excluding hydrogens is 757 g/mol. The number of fused-ring (bicyclic) bond motifs is 1. The minimum absolute atomic E-state index is 0.321. The number of hydrogen-bond acceptors (Lipinski definition) is 8. The lowest BCUT2D eigenvalue weighted by Crippen LogP contribution is -2.48. The molecule has 7 rings (SSSR count). The normalized spacial score (nSPS) is 17.2. The van der Waals surface area contributed by atoms with Crippen LogP contribution in [-0.2, 0) is 23.9 Å². The molecule has 1 aromatic heterocycles. The Labute approximate surface area is 339 Å². The number of carboxylic acid groups (broad SMARTS) is 1. The SMILES string of the molecule is COC(=O)N[C@@H](C(=O)N1CCC[C@H]1C(=O)Nc1cc(C)c2oc(-c3ccc(NC(=O)[C@@H]4CCCN4C(=O)[C@H](NC(=O)O)c4ccccc4)cc3)cc2c1)c1ccccc1. The maximum atomic E-state index is 13.8. The van der Waals surface area contributed by atoms with Crippen LogP contribution in [0.3, 0.4) is 0 Å². The van der Waals surface area contributed by atoms with Crippen molar-refractivity contribution in [2.24, 2.45) is 0 Å². The van der Waals surface area contributed by atoms with Gasteiger partial charge >= 0.3 is 12.2 Å². The highest BCUT2D eigenvalue weighted by atomic mass is 16.5. The number of aryl methyl sites for hydroxylation is 1. The van der Waals surface area contributed by atoms with Crippen LogP contribution in [0.1, 0.15) is 54.5 Å². The first-order chi connectivity index (χ1) is 28.5. The zero-order chi connectivity index (χ0) is 41.6. The third-order valence-corrected chi connectivity index (χ3v) is 10.7. The van der Waals surface area contributed by atoms with E-state index in [0.29, 0.717) is 72.6 Å². The second kappa shape index (κ2) is 17.5. The molecule has 2 fully saturated rings. The molecule has 5 aromatic rings. The van der Waals surface area contributed by atoms with E-state index in [2.05, 4.69) is 21.3 Å². The Morgan fingerprint density at radius 2 is 1.22 bits per heavy atom. The van der Waals surface area contributed by atoms with Crippen molar-refractivity contribution in [3.63, 3.8) is 0 Å². The molecule has 6 amide bonds. The lowest BCUT2D eigenvalue weighted by Gasteiger charge is -2.28. The number of nitrogens with one attached hydrogen (secondary N) is 4. The molecule has 4 aromatic carbocycles. The van der Waals surface area contributed by atoms with Gasteiger partial charge in [-0.1, -0.05) is 60.7 Å². The Hall–Kier alpha value is -7.16. The minimum Gasteiger partial charge on any atom is -0.465 e. The van der Waals surface area contributed by atoms with Gasteiger partial charge in [-0.05, 0) is 91.8 Å². The average molecular weight is 801 g/mol. The van der Waals surface area contributed by atoms with Crippen LogP contribution in [0.2, 0.25) is 0 Å². The smallest absolute Gasteiger partial charge is 0.407 e. The number of alkyl carbamates (subject to hydrolysis) is 1. The van der Waals surface area contributed by atoms with Gasteiger partial charge in [-0.3, -0.25) is 19.2 Å². The molecule has 2 aliphatic rings. The Morgan fingerprint density at radius 1 is 0.695 bits per heavy atom. The van der Waals surface area contributed by atoms with E-state index in [1.807, 2.05) is 13.0 Å². The van der Waals surface area contributed by atoms with Crippen LogP contribution in [0.15, 0.2) is 108 Å². The predicted molar refractivity (Wildman–Crippen MR) is 218 cm³/mol. The molecule has 4 atom stereocenters. The number of anilines is 2. The molecule has 2 aliphatic heterocycles. The molecule has 0 unspecified atom stereocenters. The first-order valence-electron chi connectivity index (χ1n) is 19.3. The number of carbonyl (C=O) groups excluding carboxylic acids is 5. The molecule has 15 nitrogen and oxygen atoms in total. The fraction of sp³-hybridized carbons (Fsp3) is 0.273. The molecule has 2 saturated heterocycles. The van der Waals surface area contributed by atoms with Gasteiger partial charge in [0.05, 0.1) is 7.11 Å². The van der Waals surface area contributed by atoms with Gasteiger partial charge in [0.15, 0.2) is 0 Å². The summed E-state index contributed by atoms with van der Waals surface area (Å²) in [4.78, 5) is 81.2. The quantitative estimate of drug-likeness (QED) is 0.101. The van der Waals surface area contributed by atoms with Crippen LogP contribution in [-0.4, -0.2) is 83.0 Å². The van der Waals surface area contributed by atoms with Gasteiger partial charge in [-0.15, -0.1) is 0 Å². The van der Waals surface area contributed by atoms with Gasteiger partial charge in [-0.25, -0.2) is 9.59 Å². The number of likely N-dealkylation sites (tertiary alicyclic amines) is 2. The third-order valence-electron chi connectivity index (χ3n) is 10.7. The van der Waals surface area contributed by atoms with E-state index >= 15 is 0 Å². The van der Waals surface area contributed by atoms with E-state index in [-0.39, 0.29) is 11.8 Å². The summed E-state index contributed by atoms with van der Waals surface area (Å²) in [7, 11) is 1.22. The maximum Gasteiger partial charge on any atom is 0.407 e. The van der Waals surface area contributed by atoms with Gasteiger partial charge in [-0.2, -0.15) is 0 Å². The summed E-state index contributed by atoms with van der Waals surface area (Å²) in [5.74, 6) is -1.06. The summed E-state index contributed by atoms with van der Waals surface area (Å²) < 4.78 is 11.0. The Morgan fingerprint density at radius 3 is 1.75 bits per heavy atom. The van der Waals surface area contributed by atoms with Gasteiger partial charge in [0, 0.05) is 35.4 Å². The number of furan rings is 1. The third kappa shape index (κ3) is 8.88. The molecule has 304 valence electrons. The summed E-state index contributed by atoms with van der Waals surface area (Å²) in [6.45, 7) is 2.55. The number of benzene rings is 4. The highest BCUT2D eigenvalue weighted by Crippen LogP contribution is 2.34. The Balaban J connectivity index is 1.01. The van der Waals surface area contributed by atoms with Crippen molar-refractivity contribution >= 4 is 58.2 Å². The number of rotatable bonds is 11. The van der Waals surface area contributed by atoms with Crippen molar-refractivity contribution in [3.05, 3.63) is 120 Å². The van der Waals surface area contributed by atoms with Crippen LogP contribution >= 0.6 is 0 Å². The molecule has 0 spiro atoms. The molecule has 5 N–H and O–H groups in total. The molecular formula is C44H44N6O9. The summed E-state index contributed by atoms with van der Waals surface area (Å²) in [6, 6.07) is 26.2. The van der Waals surface area contributed by atoms with Crippen LogP contribution in [0.25, 0.3) is 22.3 Å². The van der Waals surface area contributed by atoms with Crippen molar-refractivity contribution in [3.8, 4) is 11.3 Å². The summed E-state index contributed by atoms with van der Waals surface area (Å²) in [6.07, 6.45) is 0.0114. The number of methoxy groups -OCH3 is 1. The van der Waals surface area contributed by atoms with E-state index in [9.17, 15) is 33.9 Å².